The molecular formula is C34H35ClFN3O4S. The van der Waals surface area contributed by atoms with Gasteiger partial charge in [-0.1, -0.05) is 85.3 Å². The number of benzene rings is 4. The zero-order valence-corrected chi connectivity index (χ0v) is 26.1. The van der Waals surface area contributed by atoms with E-state index in [0.717, 1.165) is 9.87 Å². The molecule has 0 aromatic heterocycles. The third kappa shape index (κ3) is 8.45. The Morgan fingerprint density at radius 2 is 1.50 bits per heavy atom. The van der Waals surface area contributed by atoms with E-state index < -0.39 is 34.3 Å². The van der Waals surface area contributed by atoms with Gasteiger partial charge in [-0.3, -0.25) is 13.9 Å². The molecular weight excluding hydrogens is 601 g/mol. The summed E-state index contributed by atoms with van der Waals surface area (Å²) in [6.07, 6.45) is 0.853. The number of sulfonamides is 1. The molecule has 0 saturated heterocycles. The fourth-order valence-electron chi connectivity index (χ4n) is 4.66. The SMILES string of the molecule is CC[C@H](C)NC(=O)[C@H](Cc1ccccc1)N(Cc1ccc(F)cc1)C(=O)CN(c1cccc(Cl)c1)S(=O)(=O)c1ccccc1. The first-order valence-corrected chi connectivity index (χ1v) is 16.1. The highest BCUT2D eigenvalue weighted by molar-refractivity contribution is 7.92. The Morgan fingerprint density at radius 1 is 0.864 bits per heavy atom. The van der Waals surface area contributed by atoms with Gasteiger partial charge in [0.1, 0.15) is 18.4 Å². The van der Waals surface area contributed by atoms with Gasteiger partial charge in [0.15, 0.2) is 0 Å². The van der Waals surface area contributed by atoms with Crippen molar-refractivity contribution in [1.29, 1.82) is 0 Å². The van der Waals surface area contributed by atoms with Crippen LogP contribution >= 0.6 is 11.6 Å². The number of rotatable bonds is 13. The van der Waals surface area contributed by atoms with Gasteiger partial charge in [-0.2, -0.15) is 0 Å². The lowest BCUT2D eigenvalue weighted by molar-refractivity contribution is -0.140. The van der Waals surface area contributed by atoms with Gasteiger partial charge in [0.25, 0.3) is 10.0 Å². The molecule has 0 aliphatic rings. The third-order valence-corrected chi connectivity index (χ3v) is 9.27. The van der Waals surface area contributed by atoms with Gasteiger partial charge in [-0.15, -0.1) is 0 Å². The molecule has 0 radical (unpaired) electrons. The predicted octanol–water partition coefficient (Wildman–Crippen LogP) is 6.23. The van der Waals surface area contributed by atoms with Crippen molar-refractivity contribution in [2.45, 2.75) is 50.2 Å². The average Bonchev–Trinajstić information content (AvgIpc) is 3.03. The van der Waals surface area contributed by atoms with Crippen LogP contribution in [0.2, 0.25) is 5.02 Å². The number of anilines is 1. The van der Waals surface area contributed by atoms with Crippen molar-refractivity contribution < 1.29 is 22.4 Å². The molecule has 1 N–H and O–H groups in total. The number of hydrogen-bond acceptors (Lipinski definition) is 4. The minimum absolute atomic E-state index is 0.00629. The summed E-state index contributed by atoms with van der Waals surface area (Å²) in [7, 11) is -4.23. The normalized spacial score (nSPS) is 12.6. The van der Waals surface area contributed by atoms with Crippen LogP contribution < -0.4 is 9.62 Å². The van der Waals surface area contributed by atoms with Crippen molar-refractivity contribution in [2.24, 2.45) is 0 Å². The number of nitrogens with zero attached hydrogens (tertiary/aromatic N) is 2. The maximum Gasteiger partial charge on any atom is 0.264 e. The summed E-state index contributed by atoms with van der Waals surface area (Å²) < 4.78 is 42.7. The molecule has 4 aromatic carbocycles. The smallest absolute Gasteiger partial charge is 0.264 e. The standard InChI is InChI=1S/C34H35ClFN3O4S/c1-3-25(2)37-34(41)32(21-26-11-6-4-7-12-26)38(23-27-17-19-29(36)20-18-27)33(40)24-39(30-14-10-13-28(35)22-30)44(42,43)31-15-8-5-9-16-31/h4-20,22,25,32H,3,21,23-24H2,1-2H3,(H,37,41)/t25-,32-/m0/s1. The highest BCUT2D eigenvalue weighted by Gasteiger charge is 2.35. The summed E-state index contributed by atoms with van der Waals surface area (Å²) >= 11 is 6.25. The molecule has 0 aliphatic heterocycles. The van der Waals surface area contributed by atoms with Crippen molar-refractivity contribution >= 4 is 39.1 Å². The Labute approximate surface area is 263 Å². The summed E-state index contributed by atoms with van der Waals surface area (Å²) in [5.41, 5.74) is 1.59. The Kier molecular flexibility index (Phi) is 11.1. The molecule has 0 fully saturated rings. The zero-order valence-electron chi connectivity index (χ0n) is 24.6. The van der Waals surface area contributed by atoms with Crippen LogP contribution in [0.1, 0.15) is 31.4 Å². The Morgan fingerprint density at radius 3 is 2.11 bits per heavy atom. The van der Waals surface area contributed by atoms with Crippen LogP contribution in [0.25, 0.3) is 0 Å². The number of carbonyl (C=O) groups excluding carboxylic acids is 2. The fourth-order valence-corrected chi connectivity index (χ4v) is 6.27. The highest BCUT2D eigenvalue weighted by atomic mass is 35.5. The van der Waals surface area contributed by atoms with Gasteiger partial charge >= 0.3 is 0 Å². The highest BCUT2D eigenvalue weighted by Crippen LogP contribution is 2.27. The molecule has 44 heavy (non-hydrogen) atoms. The summed E-state index contributed by atoms with van der Waals surface area (Å²) in [4.78, 5) is 29.6. The van der Waals surface area contributed by atoms with E-state index in [1.807, 2.05) is 44.2 Å². The number of amides is 2. The van der Waals surface area contributed by atoms with Crippen LogP contribution in [0.15, 0.2) is 114 Å². The number of nitrogens with one attached hydrogen (secondary N) is 1. The largest absolute Gasteiger partial charge is 0.352 e. The second-order valence-corrected chi connectivity index (χ2v) is 12.8. The summed E-state index contributed by atoms with van der Waals surface area (Å²) in [6, 6.07) is 27.8. The molecule has 0 spiro atoms. The zero-order chi connectivity index (χ0) is 31.7. The van der Waals surface area contributed by atoms with Crippen LogP contribution in [0.5, 0.6) is 0 Å². The number of carbonyl (C=O) groups is 2. The first-order valence-electron chi connectivity index (χ1n) is 14.3. The van der Waals surface area contributed by atoms with Gasteiger partial charge < -0.3 is 10.2 Å². The van der Waals surface area contributed by atoms with Gasteiger partial charge in [-0.05, 0) is 66.9 Å². The van der Waals surface area contributed by atoms with E-state index in [2.05, 4.69) is 5.32 Å². The fraction of sp³-hybridized carbons (Fsp3) is 0.235. The Balaban J connectivity index is 1.80. The Hall–Kier alpha value is -4.21. The summed E-state index contributed by atoms with van der Waals surface area (Å²) in [5, 5.41) is 3.28. The topological polar surface area (TPSA) is 86.8 Å². The monoisotopic (exact) mass is 635 g/mol. The predicted molar refractivity (Wildman–Crippen MR) is 171 cm³/mol. The molecule has 4 rings (SSSR count). The van der Waals surface area contributed by atoms with Gasteiger partial charge in [-0.25, -0.2) is 12.8 Å². The van der Waals surface area contributed by atoms with Crippen molar-refractivity contribution in [3.05, 3.63) is 131 Å². The Bertz CT molecular complexity index is 1660. The number of halogens is 2. The lowest BCUT2D eigenvalue weighted by Crippen LogP contribution is -2.54. The van der Waals surface area contributed by atoms with Crippen molar-refractivity contribution in [2.75, 3.05) is 10.8 Å². The average molecular weight is 636 g/mol. The minimum atomic E-state index is -4.23. The molecule has 230 valence electrons. The lowest BCUT2D eigenvalue weighted by Gasteiger charge is -2.34. The first kappa shape index (κ1) is 32.7. The molecule has 2 atom stereocenters. The molecule has 0 saturated carbocycles. The first-order chi connectivity index (χ1) is 21.1. The minimum Gasteiger partial charge on any atom is -0.352 e. The van der Waals surface area contributed by atoms with Crippen molar-refractivity contribution in [1.82, 2.24) is 10.2 Å². The van der Waals surface area contributed by atoms with E-state index in [-0.39, 0.29) is 35.5 Å². The van der Waals surface area contributed by atoms with Crippen LogP contribution in [0, 0.1) is 5.82 Å². The van der Waals surface area contributed by atoms with E-state index in [9.17, 15) is 22.4 Å². The third-order valence-electron chi connectivity index (χ3n) is 7.24. The van der Waals surface area contributed by atoms with E-state index in [1.165, 1.54) is 47.4 Å². The summed E-state index contributed by atoms with van der Waals surface area (Å²) in [6.45, 7) is 3.15. The van der Waals surface area contributed by atoms with Crippen LogP contribution in [-0.2, 0) is 32.6 Å². The van der Waals surface area contributed by atoms with Gasteiger partial charge in [0.05, 0.1) is 10.6 Å². The molecule has 0 heterocycles. The molecule has 4 aromatic rings. The van der Waals surface area contributed by atoms with Crippen LogP contribution in [0.3, 0.4) is 0 Å². The summed E-state index contributed by atoms with van der Waals surface area (Å²) in [5.74, 6) is -1.43. The molecule has 2 amide bonds. The second-order valence-electron chi connectivity index (χ2n) is 10.5. The molecule has 7 nitrogen and oxygen atoms in total. The lowest BCUT2D eigenvalue weighted by atomic mass is 10.0. The van der Waals surface area contributed by atoms with Crippen LogP contribution in [0.4, 0.5) is 10.1 Å². The van der Waals surface area contributed by atoms with Gasteiger partial charge in [0.2, 0.25) is 11.8 Å². The van der Waals surface area contributed by atoms with Crippen LogP contribution in [-0.4, -0.2) is 43.8 Å². The molecule has 0 bridgehead atoms. The molecule has 10 heteroatoms. The van der Waals surface area contributed by atoms with Crippen molar-refractivity contribution in [3.8, 4) is 0 Å². The van der Waals surface area contributed by atoms with Gasteiger partial charge in [0, 0.05) is 24.0 Å². The molecule has 0 unspecified atom stereocenters. The molecule has 0 aliphatic carbocycles. The van der Waals surface area contributed by atoms with E-state index in [4.69, 9.17) is 11.6 Å². The number of hydrogen-bond donors (Lipinski definition) is 1. The maximum atomic E-state index is 14.4. The maximum absolute atomic E-state index is 14.4. The second kappa shape index (κ2) is 15.0. The van der Waals surface area contributed by atoms with E-state index in [0.29, 0.717) is 17.0 Å². The van der Waals surface area contributed by atoms with E-state index in [1.54, 1.807) is 36.4 Å². The van der Waals surface area contributed by atoms with Crippen molar-refractivity contribution in [3.63, 3.8) is 0 Å². The quantitative estimate of drug-likeness (QED) is 0.189. The van der Waals surface area contributed by atoms with E-state index >= 15 is 0 Å².